The molecule has 0 spiro atoms. The summed E-state index contributed by atoms with van der Waals surface area (Å²) in [6.45, 7) is 4.47. The van der Waals surface area contributed by atoms with Crippen LogP contribution in [0.5, 0.6) is 5.75 Å². The third-order valence-corrected chi connectivity index (χ3v) is 5.64. The van der Waals surface area contributed by atoms with E-state index >= 15 is 0 Å². The number of ether oxygens (including phenoxy) is 1. The highest BCUT2D eigenvalue weighted by molar-refractivity contribution is 7.99. The Kier molecular flexibility index (Phi) is 9.35. The second kappa shape index (κ2) is 11.7. The molecule has 0 aliphatic rings. The Labute approximate surface area is 181 Å². The van der Waals surface area contributed by atoms with Crippen LogP contribution in [0.2, 0.25) is 5.02 Å². The summed E-state index contributed by atoms with van der Waals surface area (Å²) in [6.07, 6.45) is 0. The number of thioether (sulfide) groups is 1. The number of halogens is 1. The Hall–Kier alpha value is -2.18. The van der Waals surface area contributed by atoms with Crippen molar-refractivity contribution in [3.8, 4) is 5.75 Å². The van der Waals surface area contributed by atoms with E-state index in [1.807, 2.05) is 49.4 Å². The second-order valence-corrected chi connectivity index (χ2v) is 7.99. The highest BCUT2D eigenvalue weighted by atomic mass is 35.5. The number of rotatable bonds is 10. The third kappa shape index (κ3) is 7.29. The Morgan fingerprint density at radius 2 is 1.90 bits per heavy atom. The highest BCUT2D eigenvalue weighted by Gasteiger charge is 2.25. The average Bonchev–Trinajstić information content (AvgIpc) is 2.72. The van der Waals surface area contributed by atoms with Crippen molar-refractivity contribution in [3.63, 3.8) is 0 Å². The maximum absolute atomic E-state index is 12.9. The summed E-state index contributed by atoms with van der Waals surface area (Å²) < 4.78 is 5.16. The number of amides is 2. The molecule has 0 aliphatic carbocycles. The molecule has 0 bridgehead atoms. The smallest absolute Gasteiger partial charge is 0.242 e. The number of hydrogen-bond donors (Lipinski definition) is 1. The van der Waals surface area contributed by atoms with E-state index in [9.17, 15) is 9.59 Å². The van der Waals surface area contributed by atoms with Gasteiger partial charge in [0.2, 0.25) is 11.8 Å². The van der Waals surface area contributed by atoms with Crippen molar-refractivity contribution in [1.29, 1.82) is 0 Å². The SMILES string of the molecule is CCNC(=O)[C@@H](C)N(Cc1cccc(Cl)c1)C(=O)CSCc1ccc(OC)cc1. The van der Waals surface area contributed by atoms with Crippen molar-refractivity contribution < 1.29 is 14.3 Å². The van der Waals surface area contributed by atoms with E-state index in [0.29, 0.717) is 23.9 Å². The largest absolute Gasteiger partial charge is 0.497 e. The van der Waals surface area contributed by atoms with Crippen LogP contribution in [-0.2, 0) is 21.9 Å². The van der Waals surface area contributed by atoms with Gasteiger partial charge in [-0.05, 0) is 49.2 Å². The molecule has 0 saturated carbocycles. The number of hydrogen-bond acceptors (Lipinski definition) is 4. The summed E-state index contributed by atoms with van der Waals surface area (Å²) >= 11 is 7.60. The van der Waals surface area contributed by atoms with Crippen molar-refractivity contribution in [3.05, 3.63) is 64.7 Å². The Balaban J connectivity index is 2.03. The maximum atomic E-state index is 12.9. The molecular weight excluding hydrogens is 408 g/mol. The van der Waals surface area contributed by atoms with E-state index in [2.05, 4.69) is 5.32 Å². The van der Waals surface area contributed by atoms with Gasteiger partial charge in [-0.1, -0.05) is 35.9 Å². The number of likely N-dealkylation sites (N-methyl/N-ethyl adjacent to an activating group) is 1. The fourth-order valence-electron chi connectivity index (χ4n) is 2.80. The number of nitrogens with zero attached hydrogens (tertiary/aromatic N) is 1. The van der Waals surface area contributed by atoms with Crippen molar-refractivity contribution in [2.24, 2.45) is 0 Å². The number of benzene rings is 2. The molecule has 1 N–H and O–H groups in total. The zero-order valence-corrected chi connectivity index (χ0v) is 18.6. The zero-order valence-electron chi connectivity index (χ0n) is 17.0. The van der Waals surface area contributed by atoms with Gasteiger partial charge < -0.3 is 15.0 Å². The summed E-state index contributed by atoms with van der Waals surface area (Å²) in [6, 6.07) is 14.6. The van der Waals surface area contributed by atoms with Crippen LogP contribution in [-0.4, -0.2) is 42.2 Å². The first kappa shape index (κ1) is 23.1. The molecule has 0 fully saturated rings. The Morgan fingerprint density at radius 1 is 1.17 bits per heavy atom. The first-order valence-electron chi connectivity index (χ1n) is 9.47. The van der Waals surface area contributed by atoms with Gasteiger partial charge in [0.15, 0.2) is 0 Å². The molecular formula is C22H27ClN2O3S. The highest BCUT2D eigenvalue weighted by Crippen LogP contribution is 2.19. The molecule has 2 aromatic rings. The molecule has 0 aromatic heterocycles. The summed E-state index contributed by atoms with van der Waals surface area (Å²) in [5.41, 5.74) is 2.00. The number of methoxy groups -OCH3 is 1. The van der Waals surface area contributed by atoms with Crippen LogP contribution in [0, 0.1) is 0 Å². The van der Waals surface area contributed by atoms with Crippen LogP contribution < -0.4 is 10.1 Å². The van der Waals surface area contributed by atoms with E-state index in [-0.39, 0.29) is 17.6 Å². The van der Waals surface area contributed by atoms with Crippen LogP contribution in [0.1, 0.15) is 25.0 Å². The Bertz CT molecular complexity index is 814. The molecule has 0 heterocycles. The lowest BCUT2D eigenvalue weighted by atomic mass is 10.1. The first-order valence-corrected chi connectivity index (χ1v) is 11.0. The molecule has 0 radical (unpaired) electrons. The van der Waals surface area contributed by atoms with Crippen LogP contribution >= 0.6 is 23.4 Å². The molecule has 2 aromatic carbocycles. The minimum Gasteiger partial charge on any atom is -0.497 e. The van der Waals surface area contributed by atoms with Crippen LogP contribution in [0.25, 0.3) is 0 Å². The van der Waals surface area contributed by atoms with Crippen molar-refractivity contribution in [2.75, 3.05) is 19.4 Å². The summed E-state index contributed by atoms with van der Waals surface area (Å²) in [5, 5.41) is 3.40. The van der Waals surface area contributed by atoms with Gasteiger partial charge in [0.05, 0.1) is 12.9 Å². The Morgan fingerprint density at radius 3 is 2.52 bits per heavy atom. The minimum atomic E-state index is -0.567. The van der Waals surface area contributed by atoms with Crippen molar-refractivity contribution >= 4 is 35.2 Å². The topological polar surface area (TPSA) is 58.6 Å². The third-order valence-electron chi connectivity index (χ3n) is 4.41. The predicted molar refractivity (Wildman–Crippen MR) is 119 cm³/mol. The van der Waals surface area contributed by atoms with Gasteiger partial charge in [0, 0.05) is 23.9 Å². The molecule has 1 atom stereocenters. The van der Waals surface area contributed by atoms with Crippen molar-refractivity contribution in [1.82, 2.24) is 10.2 Å². The second-order valence-electron chi connectivity index (χ2n) is 6.56. The minimum absolute atomic E-state index is 0.0813. The average molecular weight is 435 g/mol. The lowest BCUT2D eigenvalue weighted by molar-refractivity contribution is -0.138. The normalized spacial score (nSPS) is 11.6. The summed E-state index contributed by atoms with van der Waals surface area (Å²) in [7, 11) is 1.63. The van der Waals surface area contributed by atoms with E-state index in [1.165, 1.54) is 11.8 Å². The first-order chi connectivity index (χ1) is 13.9. The van der Waals surface area contributed by atoms with Gasteiger partial charge in [-0.25, -0.2) is 0 Å². The standard InChI is InChI=1S/C22H27ClN2O3S/c1-4-24-22(27)16(2)25(13-18-6-5-7-19(23)12-18)21(26)15-29-14-17-8-10-20(28-3)11-9-17/h5-12,16H,4,13-15H2,1-3H3,(H,24,27)/t16-/m1/s1. The van der Waals surface area contributed by atoms with Crippen LogP contribution in [0.4, 0.5) is 0 Å². The summed E-state index contributed by atoms with van der Waals surface area (Å²) in [5.74, 6) is 1.55. The van der Waals surface area contributed by atoms with E-state index in [1.54, 1.807) is 25.0 Å². The predicted octanol–water partition coefficient (Wildman–Crippen LogP) is 4.14. The quantitative estimate of drug-likeness (QED) is 0.610. The van der Waals surface area contributed by atoms with Gasteiger partial charge in [-0.2, -0.15) is 0 Å². The molecule has 29 heavy (non-hydrogen) atoms. The number of carbonyl (C=O) groups excluding carboxylic acids is 2. The van der Waals surface area contributed by atoms with E-state index in [4.69, 9.17) is 16.3 Å². The molecule has 2 rings (SSSR count). The van der Waals surface area contributed by atoms with Crippen LogP contribution in [0.15, 0.2) is 48.5 Å². The van der Waals surface area contributed by atoms with Gasteiger partial charge in [0.1, 0.15) is 11.8 Å². The maximum Gasteiger partial charge on any atom is 0.242 e. The molecule has 0 aliphatic heterocycles. The zero-order chi connectivity index (χ0) is 21.2. The lowest BCUT2D eigenvalue weighted by Gasteiger charge is -2.28. The fraction of sp³-hybridized carbons (Fsp3) is 0.364. The summed E-state index contributed by atoms with van der Waals surface area (Å²) in [4.78, 5) is 26.9. The molecule has 2 amide bonds. The monoisotopic (exact) mass is 434 g/mol. The number of carbonyl (C=O) groups is 2. The van der Waals surface area contributed by atoms with Gasteiger partial charge in [0.25, 0.3) is 0 Å². The van der Waals surface area contributed by atoms with Gasteiger partial charge in [-0.3, -0.25) is 9.59 Å². The molecule has 156 valence electrons. The molecule has 0 saturated heterocycles. The van der Waals surface area contributed by atoms with E-state index in [0.717, 1.165) is 16.9 Å². The molecule has 0 unspecified atom stereocenters. The van der Waals surface area contributed by atoms with E-state index < -0.39 is 6.04 Å². The van der Waals surface area contributed by atoms with Gasteiger partial charge >= 0.3 is 0 Å². The van der Waals surface area contributed by atoms with Crippen molar-refractivity contribution in [2.45, 2.75) is 32.2 Å². The molecule has 7 heteroatoms. The lowest BCUT2D eigenvalue weighted by Crippen LogP contribution is -2.48. The van der Waals surface area contributed by atoms with Crippen LogP contribution in [0.3, 0.4) is 0 Å². The van der Waals surface area contributed by atoms with Gasteiger partial charge in [-0.15, -0.1) is 11.8 Å². The number of nitrogens with one attached hydrogen (secondary N) is 1. The molecule has 5 nitrogen and oxygen atoms in total. The fourth-order valence-corrected chi connectivity index (χ4v) is 3.88.